The van der Waals surface area contributed by atoms with Crippen LogP contribution in [-0.4, -0.2) is 12.2 Å². The van der Waals surface area contributed by atoms with Crippen LogP contribution in [0.4, 0.5) is 0 Å². The molecule has 1 aliphatic rings. The van der Waals surface area contributed by atoms with Gasteiger partial charge in [-0.15, -0.1) is 0 Å². The quantitative estimate of drug-likeness (QED) is 0.597. The molecule has 1 saturated heterocycles. The minimum atomic E-state index is 0.0818. The van der Waals surface area contributed by atoms with Crippen molar-refractivity contribution in [2.45, 2.75) is 37.9 Å². The van der Waals surface area contributed by atoms with Crippen molar-refractivity contribution >= 4 is 0 Å². The van der Waals surface area contributed by atoms with Gasteiger partial charge in [-0.1, -0.05) is 0 Å². The molecule has 0 spiro atoms. The van der Waals surface area contributed by atoms with Crippen LogP contribution >= 0.6 is 0 Å². The van der Waals surface area contributed by atoms with E-state index in [0.29, 0.717) is 12.8 Å². The molecule has 58 valence electrons. The number of nitrogens with zero attached hydrogens (tertiary/aromatic N) is 2. The van der Waals surface area contributed by atoms with Gasteiger partial charge in [-0.25, -0.2) is 0 Å². The Kier molecular flexibility index (Phi) is 2.89. The van der Waals surface area contributed by atoms with E-state index < -0.39 is 0 Å². The second-order valence-corrected chi connectivity index (χ2v) is 2.68. The van der Waals surface area contributed by atoms with Gasteiger partial charge in [-0.3, -0.25) is 0 Å². The lowest BCUT2D eigenvalue weighted by Gasteiger charge is -2.06. The second kappa shape index (κ2) is 3.95. The summed E-state index contributed by atoms with van der Waals surface area (Å²) in [6, 6.07) is 4.13. The predicted octanol–water partition coefficient (Wildman–Crippen LogP) is 1.36. The zero-order chi connectivity index (χ0) is 8.10. The summed E-state index contributed by atoms with van der Waals surface area (Å²) in [7, 11) is 0. The summed E-state index contributed by atoms with van der Waals surface area (Å²) in [6.45, 7) is 0. The van der Waals surface area contributed by atoms with Gasteiger partial charge in [0.25, 0.3) is 0 Å². The standard InChI is InChI=1S/C8H10N2O/c9-5-3-7-1-2-8(11-7)4-6-10/h7-8H,1-4H2/t7-,8+. The third-order valence-corrected chi connectivity index (χ3v) is 1.83. The smallest absolute Gasteiger partial charge is 0.0710 e. The Morgan fingerprint density at radius 1 is 1.09 bits per heavy atom. The molecule has 1 fully saturated rings. The van der Waals surface area contributed by atoms with Crippen LogP contribution in [0.5, 0.6) is 0 Å². The fourth-order valence-electron chi connectivity index (χ4n) is 1.28. The summed E-state index contributed by atoms with van der Waals surface area (Å²) in [4.78, 5) is 0. The third kappa shape index (κ3) is 2.22. The number of hydrogen-bond donors (Lipinski definition) is 0. The molecule has 11 heavy (non-hydrogen) atoms. The molecule has 0 aromatic carbocycles. The molecule has 2 atom stereocenters. The van der Waals surface area contributed by atoms with Crippen molar-refractivity contribution in [3.8, 4) is 12.1 Å². The van der Waals surface area contributed by atoms with E-state index >= 15 is 0 Å². The fourth-order valence-corrected chi connectivity index (χ4v) is 1.28. The van der Waals surface area contributed by atoms with Gasteiger partial charge in [0.2, 0.25) is 0 Å². The van der Waals surface area contributed by atoms with Gasteiger partial charge in [0.15, 0.2) is 0 Å². The molecular formula is C8H10N2O. The van der Waals surface area contributed by atoms with Crippen molar-refractivity contribution in [3.05, 3.63) is 0 Å². The highest BCUT2D eigenvalue weighted by atomic mass is 16.5. The van der Waals surface area contributed by atoms with E-state index in [1.54, 1.807) is 0 Å². The van der Waals surface area contributed by atoms with E-state index in [1.165, 1.54) is 0 Å². The van der Waals surface area contributed by atoms with Gasteiger partial charge < -0.3 is 4.74 Å². The molecule has 3 heteroatoms. The minimum Gasteiger partial charge on any atom is -0.373 e. The lowest BCUT2D eigenvalue weighted by atomic mass is 10.1. The monoisotopic (exact) mass is 150 g/mol. The first-order valence-electron chi connectivity index (χ1n) is 3.76. The molecule has 0 unspecified atom stereocenters. The third-order valence-electron chi connectivity index (χ3n) is 1.83. The van der Waals surface area contributed by atoms with E-state index in [0.717, 1.165) is 12.8 Å². The van der Waals surface area contributed by atoms with E-state index in [9.17, 15) is 0 Å². The summed E-state index contributed by atoms with van der Waals surface area (Å²) >= 11 is 0. The van der Waals surface area contributed by atoms with E-state index in [-0.39, 0.29) is 12.2 Å². The summed E-state index contributed by atoms with van der Waals surface area (Å²) in [5, 5.41) is 16.7. The van der Waals surface area contributed by atoms with Crippen molar-refractivity contribution in [1.82, 2.24) is 0 Å². The molecule has 0 aromatic rings. The van der Waals surface area contributed by atoms with E-state index in [2.05, 4.69) is 12.1 Å². The average molecular weight is 150 g/mol. The van der Waals surface area contributed by atoms with Gasteiger partial charge in [-0.05, 0) is 12.8 Å². The molecule has 1 heterocycles. The fraction of sp³-hybridized carbons (Fsp3) is 0.750. The zero-order valence-electron chi connectivity index (χ0n) is 6.29. The van der Waals surface area contributed by atoms with Gasteiger partial charge in [-0.2, -0.15) is 10.5 Å². The maximum atomic E-state index is 8.35. The van der Waals surface area contributed by atoms with Crippen LogP contribution < -0.4 is 0 Å². The van der Waals surface area contributed by atoms with Crippen LogP contribution in [0.25, 0.3) is 0 Å². The molecule has 1 aliphatic heterocycles. The number of ether oxygens (including phenoxy) is 1. The molecule has 0 bridgehead atoms. The Hall–Kier alpha value is -1.06. The summed E-state index contributed by atoms with van der Waals surface area (Å²) in [6.07, 6.45) is 2.95. The van der Waals surface area contributed by atoms with Gasteiger partial charge in [0.1, 0.15) is 0 Å². The molecule has 1 rings (SSSR count). The number of rotatable bonds is 2. The van der Waals surface area contributed by atoms with Crippen LogP contribution in [0.2, 0.25) is 0 Å². The Balaban J connectivity index is 2.25. The first-order chi connectivity index (χ1) is 5.36. The number of nitriles is 2. The largest absolute Gasteiger partial charge is 0.373 e. The highest BCUT2D eigenvalue weighted by molar-refractivity contribution is 4.86. The van der Waals surface area contributed by atoms with Crippen LogP contribution in [0.1, 0.15) is 25.7 Å². The first kappa shape index (κ1) is 8.04. The van der Waals surface area contributed by atoms with Crippen molar-refractivity contribution < 1.29 is 4.74 Å². The summed E-state index contributed by atoms with van der Waals surface area (Å²) < 4.78 is 5.40. The predicted molar refractivity (Wildman–Crippen MR) is 38.4 cm³/mol. The molecule has 0 saturated carbocycles. The molecule has 0 radical (unpaired) electrons. The molecule has 0 aromatic heterocycles. The van der Waals surface area contributed by atoms with Crippen molar-refractivity contribution in [2.75, 3.05) is 0 Å². The molecule has 0 N–H and O–H groups in total. The van der Waals surface area contributed by atoms with Crippen molar-refractivity contribution in [3.63, 3.8) is 0 Å². The second-order valence-electron chi connectivity index (χ2n) is 2.68. The summed E-state index contributed by atoms with van der Waals surface area (Å²) in [5.41, 5.74) is 0. The van der Waals surface area contributed by atoms with E-state index in [1.807, 2.05) is 0 Å². The maximum absolute atomic E-state index is 8.35. The Labute approximate surface area is 66.2 Å². The Bertz CT molecular complexity index is 179. The van der Waals surface area contributed by atoms with Crippen LogP contribution in [0.15, 0.2) is 0 Å². The van der Waals surface area contributed by atoms with Crippen molar-refractivity contribution in [2.24, 2.45) is 0 Å². The number of hydrogen-bond acceptors (Lipinski definition) is 3. The lowest BCUT2D eigenvalue weighted by Crippen LogP contribution is -2.09. The van der Waals surface area contributed by atoms with Crippen LogP contribution in [0, 0.1) is 22.7 Å². The average Bonchev–Trinajstić information content (AvgIpc) is 2.38. The topological polar surface area (TPSA) is 56.8 Å². The SMILES string of the molecule is N#CC[C@@H]1CC[C@H](CC#N)O1. The first-order valence-corrected chi connectivity index (χ1v) is 3.76. The van der Waals surface area contributed by atoms with Gasteiger partial charge in [0, 0.05) is 0 Å². The maximum Gasteiger partial charge on any atom is 0.0710 e. The highest BCUT2D eigenvalue weighted by Crippen LogP contribution is 2.23. The lowest BCUT2D eigenvalue weighted by molar-refractivity contribution is 0.0509. The Morgan fingerprint density at radius 3 is 1.91 bits per heavy atom. The van der Waals surface area contributed by atoms with Gasteiger partial charge in [0.05, 0.1) is 37.2 Å². The molecular weight excluding hydrogens is 140 g/mol. The van der Waals surface area contributed by atoms with Gasteiger partial charge >= 0.3 is 0 Å². The van der Waals surface area contributed by atoms with Crippen LogP contribution in [-0.2, 0) is 4.74 Å². The van der Waals surface area contributed by atoms with E-state index in [4.69, 9.17) is 15.3 Å². The zero-order valence-corrected chi connectivity index (χ0v) is 6.29. The molecule has 3 nitrogen and oxygen atoms in total. The van der Waals surface area contributed by atoms with Crippen LogP contribution in [0.3, 0.4) is 0 Å². The Morgan fingerprint density at radius 2 is 1.55 bits per heavy atom. The molecule has 0 aliphatic carbocycles. The summed E-state index contributed by atoms with van der Waals surface area (Å²) in [5.74, 6) is 0. The highest BCUT2D eigenvalue weighted by Gasteiger charge is 2.24. The van der Waals surface area contributed by atoms with Crippen molar-refractivity contribution in [1.29, 1.82) is 10.5 Å². The minimum absolute atomic E-state index is 0.0818. The normalized spacial score (nSPS) is 29.3. The molecule has 0 amide bonds.